The van der Waals surface area contributed by atoms with Crippen molar-refractivity contribution in [1.82, 2.24) is 15.8 Å². The second-order valence-corrected chi connectivity index (χ2v) is 8.19. The lowest BCUT2D eigenvalue weighted by molar-refractivity contribution is -0.133. The van der Waals surface area contributed by atoms with Crippen LogP contribution in [0.15, 0.2) is 24.3 Å². The van der Waals surface area contributed by atoms with Gasteiger partial charge in [0.2, 0.25) is 5.91 Å². The molecule has 0 radical (unpaired) electrons. The quantitative estimate of drug-likeness (QED) is 0.876. The van der Waals surface area contributed by atoms with Gasteiger partial charge in [0.15, 0.2) is 0 Å². The molecule has 2 amide bonds. The first-order chi connectivity index (χ1) is 12.6. The Labute approximate surface area is 155 Å². The van der Waals surface area contributed by atoms with Crippen molar-refractivity contribution in [2.24, 2.45) is 11.8 Å². The van der Waals surface area contributed by atoms with E-state index in [4.69, 9.17) is 0 Å². The van der Waals surface area contributed by atoms with E-state index in [-0.39, 0.29) is 23.8 Å². The lowest BCUT2D eigenvalue weighted by Gasteiger charge is -2.41. The summed E-state index contributed by atoms with van der Waals surface area (Å²) in [5, 5.41) is 0. The van der Waals surface area contributed by atoms with E-state index in [1.165, 1.54) is 12.0 Å². The zero-order valence-corrected chi connectivity index (χ0v) is 15.5. The number of nitrogens with zero attached hydrogens (tertiary/aromatic N) is 1. The van der Waals surface area contributed by atoms with Gasteiger partial charge in [0.05, 0.1) is 0 Å². The lowest BCUT2D eigenvalue weighted by Crippen LogP contribution is -2.60. The number of hydrazine groups is 1. The second kappa shape index (κ2) is 7.39. The summed E-state index contributed by atoms with van der Waals surface area (Å²) in [5.74, 6) is 0.843. The highest BCUT2D eigenvalue weighted by Crippen LogP contribution is 2.35. The van der Waals surface area contributed by atoms with Crippen LogP contribution in [0.5, 0.6) is 0 Å². The van der Waals surface area contributed by atoms with Gasteiger partial charge in [-0.25, -0.2) is 5.43 Å². The van der Waals surface area contributed by atoms with Crippen LogP contribution in [0.2, 0.25) is 0 Å². The molecule has 1 aliphatic carbocycles. The number of carbonyl (C=O) groups excluding carboxylic acids is 2. The van der Waals surface area contributed by atoms with E-state index in [1.807, 2.05) is 23.1 Å². The summed E-state index contributed by atoms with van der Waals surface area (Å²) >= 11 is 0. The van der Waals surface area contributed by atoms with Crippen molar-refractivity contribution < 1.29 is 9.59 Å². The van der Waals surface area contributed by atoms with Crippen LogP contribution in [0.3, 0.4) is 0 Å². The van der Waals surface area contributed by atoms with E-state index in [9.17, 15) is 9.59 Å². The predicted molar refractivity (Wildman–Crippen MR) is 100 cm³/mol. The zero-order chi connectivity index (χ0) is 18.1. The number of hydrogen-bond acceptors (Lipinski definition) is 3. The molecule has 2 heterocycles. The minimum absolute atomic E-state index is 0.144. The predicted octanol–water partition coefficient (Wildman–Crippen LogP) is 2.66. The summed E-state index contributed by atoms with van der Waals surface area (Å²) < 4.78 is 0. The topological polar surface area (TPSA) is 61.4 Å². The Morgan fingerprint density at radius 1 is 1.19 bits per heavy atom. The van der Waals surface area contributed by atoms with Crippen molar-refractivity contribution in [3.8, 4) is 0 Å². The van der Waals surface area contributed by atoms with Gasteiger partial charge in [-0.1, -0.05) is 25.0 Å². The highest BCUT2D eigenvalue weighted by atomic mass is 16.2. The molecule has 4 unspecified atom stereocenters. The fraction of sp³-hybridized carbons (Fsp3) is 0.619. The van der Waals surface area contributed by atoms with Gasteiger partial charge in [0, 0.05) is 30.1 Å². The number of fused-ring (bicyclic) bond motifs is 1. The summed E-state index contributed by atoms with van der Waals surface area (Å²) in [6.07, 6.45) is 7.51. The molecule has 0 bridgehead atoms. The van der Waals surface area contributed by atoms with Crippen LogP contribution < -0.4 is 10.9 Å². The SMILES string of the molecule is CC1CCCN1C(=O)c1cccc(CC2NNC(=O)C3CCCCC23)c1. The number of rotatable bonds is 3. The number of carbonyl (C=O) groups is 2. The number of nitrogens with one attached hydrogen (secondary N) is 2. The zero-order valence-electron chi connectivity index (χ0n) is 15.5. The molecule has 1 aromatic rings. The number of amides is 2. The van der Waals surface area contributed by atoms with Crippen molar-refractivity contribution in [2.75, 3.05) is 6.54 Å². The van der Waals surface area contributed by atoms with Gasteiger partial charge in [-0.3, -0.25) is 15.0 Å². The van der Waals surface area contributed by atoms with Crippen LogP contribution in [-0.2, 0) is 11.2 Å². The molecule has 2 saturated heterocycles. The Morgan fingerprint density at radius 2 is 2.04 bits per heavy atom. The molecular weight excluding hydrogens is 326 g/mol. The van der Waals surface area contributed by atoms with E-state index in [0.29, 0.717) is 12.0 Å². The number of benzene rings is 1. The maximum atomic E-state index is 12.8. The number of likely N-dealkylation sites (tertiary alicyclic amines) is 1. The van der Waals surface area contributed by atoms with Crippen LogP contribution >= 0.6 is 0 Å². The van der Waals surface area contributed by atoms with Crippen LogP contribution in [0.4, 0.5) is 0 Å². The fourth-order valence-electron chi connectivity index (χ4n) is 5.02. The third-order valence-electron chi connectivity index (χ3n) is 6.50. The molecule has 5 heteroatoms. The van der Waals surface area contributed by atoms with Crippen LogP contribution in [0, 0.1) is 11.8 Å². The highest BCUT2D eigenvalue weighted by Gasteiger charge is 2.39. The van der Waals surface area contributed by atoms with E-state index in [0.717, 1.165) is 50.6 Å². The summed E-state index contributed by atoms with van der Waals surface area (Å²) in [6, 6.07) is 8.64. The Bertz CT molecular complexity index is 690. The minimum Gasteiger partial charge on any atom is -0.336 e. The molecule has 1 aromatic carbocycles. The monoisotopic (exact) mass is 355 g/mol. The van der Waals surface area contributed by atoms with Gasteiger partial charge in [-0.2, -0.15) is 0 Å². The first kappa shape index (κ1) is 17.5. The Kier molecular flexibility index (Phi) is 4.98. The van der Waals surface area contributed by atoms with Crippen LogP contribution in [-0.4, -0.2) is 35.3 Å². The Hall–Kier alpha value is -1.88. The van der Waals surface area contributed by atoms with Crippen molar-refractivity contribution >= 4 is 11.8 Å². The molecule has 0 aromatic heterocycles. The van der Waals surface area contributed by atoms with E-state index in [2.05, 4.69) is 23.8 Å². The molecule has 4 rings (SSSR count). The average Bonchev–Trinajstić information content (AvgIpc) is 3.10. The highest BCUT2D eigenvalue weighted by molar-refractivity contribution is 5.94. The summed E-state index contributed by atoms with van der Waals surface area (Å²) in [6.45, 7) is 3.00. The van der Waals surface area contributed by atoms with Crippen molar-refractivity contribution in [3.05, 3.63) is 35.4 Å². The molecule has 3 aliphatic rings. The van der Waals surface area contributed by atoms with Gasteiger partial charge < -0.3 is 4.90 Å². The third-order valence-corrected chi connectivity index (χ3v) is 6.50. The normalized spacial score (nSPS) is 31.4. The summed E-state index contributed by atoms with van der Waals surface area (Å²) in [7, 11) is 0. The Balaban J connectivity index is 1.48. The molecule has 140 valence electrons. The summed E-state index contributed by atoms with van der Waals surface area (Å²) in [5.41, 5.74) is 8.06. The van der Waals surface area contributed by atoms with E-state index in [1.54, 1.807) is 0 Å². The maximum absolute atomic E-state index is 12.8. The fourth-order valence-corrected chi connectivity index (χ4v) is 5.02. The first-order valence-corrected chi connectivity index (χ1v) is 10.1. The smallest absolute Gasteiger partial charge is 0.254 e. The van der Waals surface area contributed by atoms with E-state index >= 15 is 0 Å². The average molecular weight is 355 g/mol. The van der Waals surface area contributed by atoms with Gasteiger partial charge in [0.25, 0.3) is 5.91 Å². The van der Waals surface area contributed by atoms with Crippen LogP contribution in [0.1, 0.15) is 61.4 Å². The lowest BCUT2D eigenvalue weighted by atomic mass is 9.72. The molecule has 0 spiro atoms. The van der Waals surface area contributed by atoms with Gasteiger partial charge in [-0.15, -0.1) is 0 Å². The third kappa shape index (κ3) is 3.37. The molecule has 2 aliphatic heterocycles. The number of hydrogen-bond donors (Lipinski definition) is 2. The first-order valence-electron chi connectivity index (χ1n) is 10.1. The van der Waals surface area contributed by atoms with Crippen molar-refractivity contribution in [1.29, 1.82) is 0 Å². The molecule has 26 heavy (non-hydrogen) atoms. The van der Waals surface area contributed by atoms with Gasteiger partial charge >= 0.3 is 0 Å². The molecule has 5 nitrogen and oxygen atoms in total. The summed E-state index contributed by atoms with van der Waals surface area (Å²) in [4.78, 5) is 26.9. The van der Waals surface area contributed by atoms with Gasteiger partial charge in [0.1, 0.15) is 0 Å². The molecular formula is C21H29N3O2. The second-order valence-electron chi connectivity index (χ2n) is 8.19. The largest absolute Gasteiger partial charge is 0.336 e. The standard InChI is InChI=1S/C21H29N3O2/c1-14-6-5-11-24(14)21(26)16-8-4-7-15(12-16)13-19-17-9-2-3-10-18(17)20(25)23-22-19/h4,7-8,12,14,17-19,22H,2-3,5-6,9-11,13H2,1H3,(H,23,25). The van der Waals surface area contributed by atoms with Crippen molar-refractivity contribution in [2.45, 2.75) is 64.0 Å². The van der Waals surface area contributed by atoms with Gasteiger partial charge in [-0.05, 0) is 62.6 Å². The van der Waals surface area contributed by atoms with Crippen LogP contribution in [0.25, 0.3) is 0 Å². The molecule has 2 N–H and O–H groups in total. The van der Waals surface area contributed by atoms with E-state index < -0.39 is 0 Å². The molecule has 3 fully saturated rings. The maximum Gasteiger partial charge on any atom is 0.254 e. The Morgan fingerprint density at radius 3 is 2.85 bits per heavy atom. The minimum atomic E-state index is 0.144. The van der Waals surface area contributed by atoms with Crippen molar-refractivity contribution in [3.63, 3.8) is 0 Å². The molecule has 1 saturated carbocycles. The molecule has 4 atom stereocenters.